The zero-order valence-electron chi connectivity index (χ0n) is 20.2. The molecule has 0 bridgehead atoms. The Morgan fingerprint density at radius 1 is 1.19 bits per heavy atom. The van der Waals surface area contributed by atoms with Crippen molar-refractivity contribution in [3.05, 3.63) is 47.6 Å². The van der Waals surface area contributed by atoms with Crippen molar-refractivity contribution in [2.75, 3.05) is 0 Å². The topological polar surface area (TPSA) is 60.7 Å². The molecular weight excluding hydrogens is 384 g/mol. The first-order chi connectivity index (χ1) is 14.4. The van der Waals surface area contributed by atoms with Crippen LogP contribution >= 0.6 is 0 Å². The van der Waals surface area contributed by atoms with Crippen LogP contribution < -0.4 is 0 Å². The maximum atomic E-state index is 10.3. The second-order valence-electron chi connectivity index (χ2n) is 11.4. The average molecular weight is 429 g/mol. The van der Waals surface area contributed by atoms with Gasteiger partial charge >= 0.3 is 0 Å². The van der Waals surface area contributed by atoms with Crippen molar-refractivity contribution in [2.24, 2.45) is 23.2 Å². The number of allylic oxidation sites excluding steroid dienone is 3. The monoisotopic (exact) mass is 428 g/mol. The van der Waals surface area contributed by atoms with Crippen LogP contribution in [0.5, 0.6) is 0 Å². The van der Waals surface area contributed by atoms with Gasteiger partial charge in [-0.05, 0) is 92.3 Å². The number of hydrogen-bond acceptors (Lipinski definition) is 3. The molecule has 3 N–H and O–H groups in total. The van der Waals surface area contributed by atoms with Crippen molar-refractivity contribution in [3.8, 4) is 0 Å². The molecule has 0 saturated heterocycles. The highest BCUT2D eigenvalue weighted by atomic mass is 16.3. The van der Waals surface area contributed by atoms with Gasteiger partial charge in [-0.3, -0.25) is 0 Å². The van der Waals surface area contributed by atoms with Crippen molar-refractivity contribution in [1.82, 2.24) is 0 Å². The molecule has 0 unspecified atom stereocenters. The first kappa shape index (κ1) is 24.5. The summed E-state index contributed by atoms with van der Waals surface area (Å²) in [6.45, 7) is 16.6. The summed E-state index contributed by atoms with van der Waals surface area (Å²) in [7, 11) is 0. The minimum atomic E-state index is -0.842. The van der Waals surface area contributed by atoms with Gasteiger partial charge in [0.2, 0.25) is 0 Å². The van der Waals surface area contributed by atoms with Crippen LogP contribution in [0.4, 0.5) is 0 Å². The van der Waals surface area contributed by atoms with Crippen molar-refractivity contribution >= 4 is 0 Å². The molecule has 31 heavy (non-hydrogen) atoms. The molecule has 6 atom stereocenters. The van der Waals surface area contributed by atoms with Crippen molar-refractivity contribution in [3.63, 3.8) is 0 Å². The lowest BCUT2D eigenvalue weighted by Crippen LogP contribution is -2.36. The Hall–Kier alpha value is -1.16. The summed E-state index contributed by atoms with van der Waals surface area (Å²) in [5.41, 5.74) is 3.41. The molecule has 3 heteroatoms. The molecule has 0 amide bonds. The Morgan fingerprint density at radius 2 is 1.90 bits per heavy atom. The van der Waals surface area contributed by atoms with E-state index in [9.17, 15) is 15.3 Å². The number of rotatable bonds is 6. The minimum Gasteiger partial charge on any atom is -0.390 e. The van der Waals surface area contributed by atoms with Crippen LogP contribution in [0.3, 0.4) is 0 Å². The van der Waals surface area contributed by atoms with Crippen LogP contribution in [0.2, 0.25) is 0 Å². The first-order valence-electron chi connectivity index (χ1n) is 12.3. The molecule has 0 heterocycles. The van der Waals surface area contributed by atoms with Gasteiger partial charge in [0.15, 0.2) is 0 Å². The molecule has 3 rings (SSSR count). The molecule has 0 spiro atoms. The number of fused-ring (bicyclic) bond motifs is 1. The average Bonchev–Trinajstić information content (AvgIpc) is 3.04. The first-order valence-corrected chi connectivity index (χ1v) is 12.3. The van der Waals surface area contributed by atoms with Gasteiger partial charge in [-0.2, -0.15) is 0 Å². The van der Waals surface area contributed by atoms with E-state index >= 15 is 0 Å². The smallest absolute Gasteiger partial charge is 0.102 e. The molecule has 0 aliphatic heterocycles. The highest BCUT2D eigenvalue weighted by Gasteiger charge is 2.50. The van der Waals surface area contributed by atoms with Crippen LogP contribution in [0, 0.1) is 23.2 Å². The van der Waals surface area contributed by atoms with Gasteiger partial charge in [0.25, 0.3) is 0 Å². The van der Waals surface area contributed by atoms with Crippen LogP contribution in [-0.4, -0.2) is 33.1 Å². The number of hydrogen-bond donors (Lipinski definition) is 3. The molecular formula is C28H44O3. The predicted molar refractivity (Wildman–Crippen MR) is 129 cm³/mol. The quantitative estimate of drug-likeness (QED) is 0.464. The maximum Gasteiger partial charge on any atom is 0.102 e. The van der Waals surface area contributed by atoms with E-state index in [1.54, 1.807) is 0 Å². The number of aliphatic hydroxyl groups excluding tert-OH is 2. The summed E-state index contributed by atoms with van der Waals surface area (Å²) in [5.74, 6) is 2.05. The Kier molecular flexibility index (Phi) is 7.40. The van der Waals surface area contributed by atoms with Gasteiger partial charge in [-0.25, -0.2) is 0 Å². The summed E-state index contributed by atoms with van der Waals surface area (Å²) < 4.78 is 0. The molecule has 3 nitrogen and oxygen atoms in total. The van der Waals surface area contributed by atoms with Crippen LogP contribution in [0.25, 0.3) is 0 Å². The van der Waals surface area contributed by atoms with Gasteiger partial charge in [0.1, 0.15) is 6.10 Å². The number of aliphatic hydroxyl groups is 3. The largest absolute Gasteiger partial charge is 0.390 e. The van der Waals surface area contributed by atoms with E-state index in [1.165, 1.54) is 37.7 Å². The van der Waals surface area contributed by atoms with E-state index < -0.39 is 17.8 Å². The zero-order valence-corrected chi connectivity index (χ0v) is 20.2. The summed E-state index contributed by atoms with van der Waals surface area (Å²) in [6, 6.07) is 0. The maximum absolute atomic E-state index is 10.3. The van der Waals surface area contributed by atoms with Crippen LogP contribution in [-0.2, 0) is 0 Å². The molecule has 174 valence electrons. The molecule has 0 aromatic rings. The second kappa shape index (κ2) is 9.37. The van der Waals surface area contributed by atoms with Crippen LogP contribution in [0.15, 0.2) is 47.6 Å². The fourth-order valence-electron chi connectivity index (χ4n) is 6.71. The molecule has 3 fully saturated rings. The fourth-order valence-corrected chi connectivity index (χ4v) is 6.71. The Bertz CT molecular complexity index is 753. The van der Waals surface area contributed by atoms with Gasteiger partial charge in [0, 0.05) is 6.42 Å². The highest BCUT2D eigenvalue weighted by molar-refractivity contribution is 5.45. The fraction of sp³-hybridized carbons (Fsp3) is 0.714. The van der Waals surface area contributed by atoms with Gasteiger partial charge in [-0.15, -0.1) is 0 Å². The zero-order chi connectivity index (χ0) is 23.0. The lowest BCUT2D eigenvalue weighted by atomic mass is 9.60. The van der Waals surface area contributed by atoms with E-state index in [0.717, 1.165) is 30.8 Å². The minimum absolute atomic E-state index is 0.355. The molecule has 0 aromatic heterocycles. The van der Waals surface area contributed by atoms with E-state index in [1.807, 2.05) is 13.8 Å². The lowest BCUT2D eigenvalue weighted by Gasteiger charge is -2.44. The standard InChI is InChI=1S/C28H44O3/c1-18(9-7-15-27(4,5)31)23-13-14-24-21(10-8-16-28(23,24)6)11-12-22-17-25(29)20(3)26(30)19(22)2/h11-12,18,23-26,29-31H,2-3,7-10,13-17H2,1,4-6H3/b21-11-,22-12+/t18-,23-,24+,25-,26-,28-/m1/s1. The summed E-state index contributed by atoms with van der Waals surface area (Å²) in [6.07, 6.45) is 12.7. The Morgan fingerprint density at radius 3 is 2.58 bits per heavy atom. The van der Waals surface area contributed by atoms with E-state index in [0.29, 0.717) is 34.8 Å². The van der Waals surface area contributed by atoms with Crippen molar-refractivity contribution in [2.45, 2.75) is 103 Å². The van der Waals surface area contributed by atoms with Crippen molar-refractivity contribution in [1.29, 1.82) is 0 Å². The molecule has 3 aliphatic rings. The summed E-state index contributed by atoms with van der Waals surface area (Å²) in [4.78, 5) is 0. The van der Waals surface area contributed by atoms with Gasteiger partial charge < -0.3 is 15.3 Å². The molecule has 3 saturated carbocycles. The Labute approximate surface area is 189 Å². The van der Waals surface area contributed by atoms with E-state index in [2.05, 4.69) is 39.2 Å². The normalized spacial score (nSPS) is 38.0. The third-order valence-electron chi connectivity index (χ3n) is 8.61. The van der Waals surface area contributed by atoms with E-state index in [4.69, 9.17) is 0 Å². The lowest BCUT2D eigenvalue weighted by molar-refractivity contribution is 0.0596. The molecule has 0 radical (unpaired) electrons. The SMILES string of the molecule is C=C1/C(=C/C=C2/CCC[C@]3(C)[C@@H]([C@H](C)CCCC(C)(C)O)CC[C@@H]23)C[C@@H](O)C(=C)[C@@H]1O. The second-order valence-corrected chi connectivity index (χ2v) is 11.4. The Balaban J connectivity index is 1.72. The van der Waals surface area contributed by atoms with Gasteiger partial charge in [0.05, 0.1) is 11.7 Å². The van der Waals surface area contributed by atoms with Gasteiger partial charge in [-0.1, -0.05) is 57.6 Å². The third-order valence-corrected chi connectivity index (χ3v) is 8.61. The highest BCUT2D eigenvalue weighted by Crippen LogP contribution is 2.60. The van der Waals surface area contributed by atoms with Crippen LogP contribution in [0.1, 0.15) is 85.5 Å². The molecule has 0 aromatic carbocycles. The molecule has 3 aliphatic carbocycles. The predicted octanol–water partition coefficient (Wildman–Crippen LogP) is 5.87. The van der Waals surface area contributed by atoms with E-state index in [-0.39, 0.29) is 0 Å². The third kappa shape index (κ3) is 5.26. The van der Waals surface area contributed by atoms with Crippen molar-refractivity contribution < 1.29 is 15.3 Å². The summed E-state index contributed by atoms with van der Waals surface area (Å²) in [5, 5.41) is 30.5. The summed E-state index contributed by atoms with van der Waals surface area (Å²) >= 11 is 0.